The molecule has 8 nitrogen and oxygen atoms in total. The smallest absolute Gasteiger partial charge is 0.385 e. The van der Waals surface area contributed by atoms with Crippen molar-refractivity contribution in [1.82, 2.24) is 20.1 Å². The molecule has 4 aromatic rings. The minimum absolute atomic E-state index is 0.0953. The third-order valence-electron chi connectivity index (χ3n) is 6.53. The molecule has 11 heteroatoms. The van der Waals surface area contributed by atoms with Gasteiger partial charge in [-0.3, -0.25) is 14.8 Å². The number of aliphatic hydroxyl groups excluding tert-OH is 1. The third kappa shape index (κ3) is 5.54. The van der Waals surface area contributed by atoms with Crippen LogP contribution in [0.1, 0.15) is 33.3 Å². The highest BCUT2D eigenvalue weighted by Gasteiger charge is 2.31. The maximum absolute atomic E-state index is 13.0. The molecule has 0 radical (unpaired) electrons. The summed E-state index contributed by atoms with van der Waals surface area (Å²) in [5.74, 6) is -0.651. The van der Waals surface area contributed by atoms with Crippen LogP contribution in [-0.4, -0.2) is 63.9 Å². The average Bonchev–Trinajstić information content (AvgIpc) is 3.33. The lowest BCUT2D eigenvalue weighted by Crippen LogP contribution is -2.38. The highest BCUT2D eigenvalue weighted by atomic mass is 19.4. The maximum Gasteiger partial charge on any atom is 0.416 e. The summed E-state index contributed by atoms with van der Waals surface area (Å²) in [6, 6.07) is 13.1. The third-order valence-corrected chi connectivity index (χ3v) is 6.53. The summed E-state index contributed by atoms with van der Waals surface area (Å²) in [6.45, 7) is 5.11. The number of ether oxygens (including phenoxy) is 1. The van der Waals surface area contributed by atoms with Gasteiger partial charge in [-0.05, 0) is 55.0 Å². The number of aliphatic hydroxyl groups is 1. The van der Waals surface area contributed by atoms with Crippen molar-refractivity contribution in [3.05, 3.63) is 77.0 Å². The van der Waals surface area contributed by atoms with Crippen molar-refractivity contribution < 1.29 is 27.8 Å². The van der Waals surface area contributed by atoms with Gasteiger partial charge in [0.1, 0.15) is 11.8 Å². The highest BCUT2D eigenvalue weighted by Crippen LogP contribution is 2.31. The quantitative estimate of drug-likeness (QED) is 0.341. The molecule has 5 rings (SSSR count). The second-order valence-corrected chi connectivity index (χ2v) is 9.19. The number of aromatic nitrogens is 3. The van der Waals surface area contributed by atoms with Gasteiger partial charge < -0.3 is 15.2 Å². The molecule has 198 valence electrons. The van der Waals surface area contributed by atoms with Crippen LogP contribution in [-0.2, 0) is 10.9 Å². The molecule has 1 saturated heterocycles. The Bertz CT molecular complexity index is 1460. The monoisotopic (exact) mass is 525 g/mol. The molecule has 38 heavy (non-hydrogen) atoms. The molecule has 1 amide bonds. The second kappa shape index (κ2) is 10.5. The van der Waals surface area contributed by atoms with Crippen LogP contribution >= 0.6 is 0 Å². The van der Waals surface area contributed by atoms with E-state index in [9.17, 15) is 23.1 Å². The molecule has 0 bridgehead atoms. The summed E-state index contributed by atoms with van der Waals surface area (Å²) in [4.78, 5) is 19.5. The fourth-order valence-corrected chi connectivity index (χ4v) is 4.46. The molecule has 1 atom stereocenters. The topological polar surface area (TPSA) is 103 Å². The van der Waals surface area contributed by atoms with E-state index < -0.39 is 23.8 Å². The molecule has 1 aliphatic rings. The molecular formula is C27H26F3N5O3. The van der Waals surface area contributed by atoms with Crippen molar-refractivity contribution in [2.75, 3.05) is 38.2 Å². The maximum atomic E-state index is 13.0. The number of halogens is 3. The number of nitrogens with one attached hydrogen (secondary N) is 2. The molecule has 1 aliphatic heterocycles. The van der Waals surface area contributed by atoms with Crippen LogP contribution in [0.25, 0.3) is 22.3 Å². The van der Waals surface area contributed by atoms with E-state index in [1.807, 2.05) is 19.1 Å². The molecule has 1 unspecified atom stereocenters. The van der Waals surface area contributed by atoms with Crippen LogP contribution in [0.5, 0.6) is 0 Å². The summed E-state index contributed by atoms with van der Waals surface area (Å²) in [7, 11) is 0. The first-order valence-corrected chi connectivity index (χ1v) is 12.1. The number of β-amino-alcohol motifs (C(OH)–C–C–N with tert-alkyl or cyclic N) is 1. The predicted octanol–water partition coefficient (Wildman–Crippen LogP) is 4.57. The molecule has 0 spiro atoms. The number of hydrogen-bond donors (Lipinski definition) is 3. The lowest BCUT2D eigenvalue weighted by atomic mass is 10.0. The van der Waals surface area contributed by atoms with Crippen molar-refractivity contribution >= 4 is 22.6 Å². The van der Waals surface area contributed by atoms with Crippen molar-refractivity contribution in [2.24, 2.45) is 0 Å². The Morgan fingerprint density at radius 3 is 2.71 bits per heavy atom. The van der Waals surface area contributed by atoms with E-state index >= 15 is 0 Å². The number of rotatable bonds is 6. The predicted molar refractivity (Wildman–Crippen MR) is 136 cm³/mol. The zero-order valence-corrected chi connectivity index (χ0v) is 20.5. The first-order chi connectivity index (χ1) is 18.2. The second-order valence-electron chi connectivity index (χ2n) is 9.19. The first kappa shape index (κ1) is 25.8. The Labute approximate surface area is 216 Å². The van der Waals surface area contributed by atoms with Gasteiger partial charge in [-0.15, -0.1) is 0 Å². The normalized spacial score (nSPS) is 15.5. The SMILES string of the molecule is Cc1ccc(NC(=O)c2cccc(C(F)(F)F)c2)cc1-c1ccc2c(C(O)CN3CCOCC3)n[nH]c2n1. The molecule has 0 saturated carbocycles. The minimum Gasteiger partial charge on any atom is -0.385 e. The van der Waals surface area contributed by atoms with Crippen molar-refractivity contribution in [1.29, 1.82) is 0 Å². The standard InChI is InChI=1S/C27H26F3N5O3/c1-16-5-6-19(31-26(37)17-3-2-4-18(13-17)27(28,29)30)14-21(16)22-8-7-20-24(33-34-25(20)32-22)23(36)15-35-9-11-38-12-10-35/h2-8,13-14,23,36H,9-12,15H2,1H3,(H,31,37)(H,32,33,34). The van der Waals surface area contributed by atoms with E-state index in [4.69, 9.17) is 4.74 Å². The Hall–Kier alpha value is -3.80. The van der Waals surface area contributed by atoms with Crippen molar-refractivity contribution in [3.8, 4) is 11.3 Å². The number of carbonyl (C=O) groups is 1. The molecule has 0 aliphatic carbocycles. The fraction of sp³-hybridized carbons (Fsp3) is 0.296. The number of H-pyrrole nitrogens is 1. The van der Waals surface area contributed by atoms with E-state index in [1.54, 1.807) is 18.2 Å². The van der Waals surface area contributed by atoms with Crippen molar-refractivity contribution in [2.45, 2.75) is 19.2 Å². The van der Waals surface area contributed by atoms with Gasteiger partial charge in [0.2, 0.25) is 0 Å². The number of hydrogen-bond acceptors (Lipinski definition) is 6. The van der Waals surface area contributed by atoms with E-state index in [0.717, 1.165) is 36.3 Å². The Morgan fingerprint density at radius 2 is 1.95 bits per heavy atom. The van der Waals surface area contributed by atoms with Crippen LogP contribution in [0.2, 0.25) is 0 Å². The minimum atomic E-state index is -4.54. The summed E-state index contributed by atoms with van der Waals surface area (Å²) in [5, 5.41) is 21.3. The summed E-state index contributed by atoms with van der Waals surface area (Å²) in [5.41, 5.74) is 2.70. The molecule has 3 heterocycles. The van der Waals surface area contributed by atoms with Crippen LogP contribution < -0.4 is 5.32 Å². The zero-order valence-electron chi connectivity index (χ0n) is 20.5. The first-order valence-electron chi connectivity index (χ1n) is 12.1. The number of pyridine rings is 1. The number of fused-ring (bicyclic) bond motifs is 1. The number of aromatic amines is 1. The van der Waals surface area contributed by atoms with E-state index in [0.29, 0.717) is 47.9 Å². The number of amides is 1. The number of morpholine rings is 1. The Kier molecular flexibility index (Phi) is 7.15. The largest absolute Gasteiger partial charge is 0.416 e. The average molecular weight is 526 g/mol. The number of benzene rings is 2. The van der Waals surface area contributed by atoms with Gasteiger partial charge in [0.05, 0.1) is 24.5 Å². The zero-order chi connectivity index (χ0) is 26.9. The van der Waals surface area contributed by atoms with Crippen LogP contribution in [0.3, 0.4) is 0 Å². The summed E-state index contributed by atoms with van der Waals surface area (Å²) < 4.78 is 44.5. The van der Waals surface area contributed by atoms with Crippen LogP contribution in [0.4, 0.5) is 18.9 Å². The Balaban J connectivity index is 1.36. The highest BCUT2D eigenvalue weighted by molar-refractivity contribution is 6.04. The summed E-state index contributed by atoms with van der Waals surface area (Å²) in [6.07, 6.45) is -5.33. The molecule has 3 N–H and O–H groups in total. The van der Waals surface area contributed by atoms with E-state index in [1.165, 1.54) is 12.1 Å². The van der Waals surface area contributed by atoms with Gasteiger partial charge in [-0.2, -0.15) is 18.3 Å². The van der Waals surface area contributed by atoms with Gasteiger partial charge >= 0.3 is 6.18 Å². The van der Waals surface area contributed by atoms with Gasteiger partial charge in [0, 0.05) is 41.8 Å². The van der Waals surface area contributed by atoms with Gasteiger partial charge in [-0.1, -0.05) is 12.1 Å². The number of nitrogens with zero attached hydrogens (tertiary/aromatic N) is 3. The number of carbonyl (C=O) groups excluding carboxylic acids is 1. The molecular weight excluding hydrogens is 499 g/mol. The van der Waals surface area contributed by atoms with Gasteiger partial charge in [-0.25, -0.2) is 4.98 Å². The summed E-state index contributed by atoms with van der Waals surface area (Å²) >= 11 is 0. The van der Waals surface area contributed by atoms with Gasteiger partial charge in [0.25, 0.3) is 5.91 Å². The number of aryl methyl sites for hydroxylation is 1. The van der Waals surface area contributed by atoms with Gasteiger partial charge in [0.15, 0.2) is 5.65 Å². The molecule has 1 fully saturated rings. The van der Waals surface area contributed by atoms with E-state index in [2.05, 4.69) is 25.4 Å². The number of alkyl halides is 3. The lowest BCUT2D eigenvalue weighted by molar-refractivity contribution is -0.137. The Morgan fingerprint density at radius 1 is 1.16 bits per heavy atom. The molecule has 2 aromatic carbocycles. The van der Waals surface area contributed by atoms with E-state index in [-0.39, 0.29) is 5.56 Å². The van der Waals surface area contributed by atoms with Crippen molar-refractivity contribution in [3.63, 3.8) is 0 Å². The lowest BCUT2D eigenvalue weighted by Gasteiger charge is -2.28. The van der Waals surface area contributed by atoms with Crippen LogP contribution in [0.15, 0.2) is 54.6 Å². The number of anilines is 1. The molecule has 2 aromatic heterocycles. The van der Waals surface area contributed by atoms with Crippen LogP contribution in [0, 0.1) is 6.92 Å². The fourth-order valence-electron chi connectivity index (χ4n) is 4.46.